The number of amides is 1. The Morgan fingerprint density at radius 1 is 1.50 bits per heavy atom. The van der Waals surface area contributed by atoms with Gasteiger partial charge in [-0.1, -0.05) is 22.9 Å². The molecule has 0 aliphatic rings. The van der Waals surface area contributed by atoms with Gasteiger partial charge in [-0.25, -0.2) is 4.39 Å². The summed E-state index contributed by atoms with van der Waals surface area (Å²) in [6.07, 6.45) is 1.71. The fourth-order valence-electron chi connectivity index (χ4n) is 1.76. The van der Waals surface area contributed by atoms with Crippen LogP contribution in [-0.4, -0.2) is 16.8 Å². The largest absolute Gasteiger partial charge is 0.347 e. The molecule has 0 aliphatic carbocycles. The van der Waals surface area contributed by atoms with Crippen molar-refractivity contribution in [2.75, 3.05) is 5.33 Å². The molecule has 0 saturated carbocycles. The quantitative estimate of drug-likeness (QED) is 0.822. The van der Waals surface area contributed by atoms with E-state index in [2.05, 4.69) is 21.2 Å². The molecule has 0 fully saturated rings. The van der Waals surface area contributed by atoms with E-state index < -0.39 is 0 Å². The molecule has 0 aliphatic heterocycles. The lowest BCUT2D eigenvalue weighted by Gasteiger charge is -2.29. The van der Waals surface area contributed by atoms with Gasteiger partial charge in [-0.05, 0) is 50.5 Å². The number of rotatable bonds is 5. The van der Waals surface area contributed by atoms with Crippen LogP contribution in [0.1, 0.15) is 42.6 Å². The van der Waals surface area contributed by atoms with Crippen LogP contribution in [0.3, 0.4) is 0 Å². The van der Waals surface area contributed by atoms with Crippen LogP contribution < -0.4 is 5.32 Å². The zero-order valence-electron chi connectivity index (χ0n) is 11.0. The standard InChI is InChI=1S/C14H19BrFNO/c1-4-14(3,7-8-15)17-13(18)12-6-5-11(16)9-10(12)2/h5-6,9H,4,7-8H2,1-3H3,(H,17,18). The number of benzene rings is 1. The van der Waals surface area contributed by atoms with Gasteiger partial charge in [0.05, 0.1) is 0 Å². The Labute approximate surface area is 116 Å². The zero-order chi connectivity index (χ0) is 13.8. The molecule has 1 amide bonds. The van der Waals surface area contributed by atoms with Crippen molar-refractivity contribution in [3.63, 3.8) is 0 Å². The minimum absolute atomic E-state index is 0.141. The van der Waals surface area contributed by atoms with E-state index >= 15 is 0 Å². The lowest BCUT2D eigenvalue weighted by Crippen LogP contribution is -2.46. The Kier molecular flexibility index (Phi) is 5.32. The maximum absolute atomic E-state index is 13.0. The van der Waals surface area contributed by atoms with Crippen molar-refractivity contribution in [3.8, 4) is 0 Å². The van der Waals surface area contributed by atoms with Crippen LogP contribution in [0.4, 0.5) is 4.39 Å². The average molecular weight is 316 g/mol. The van der Waals surface area contributed by atoms with Crippen molar-refractivity contribution in [1.29, 1.82) is 0 Å². The summed E-state index contributed by atoms with van der Waals surface area (Å²) in [6.45, 7) is 5.80. The number of nitrogens with one attached hydrogen (secondary N) is 1. The summed E-state index contributed by atoms with van der Waals surface area (Å²) in [5.74, 6) is -0.458. The molecule has 1 N–H and O–H groups in total. The monoisotopic (exact) mass is 315 g/mol. The summed E-state index contributed by atoms with van der Waals surface area (Å²) < 4.78 is 13.0. The van der Waals surface area contributed by atoms with E-state index in [-0.39, 0.29) is 17.3 Å². The summed E-state index contributed by atoms with van der Waals surface area (Å²) in [5, 5.41) is 3.86. The van der Waals surface area contributed by atoms with E-state index in [0.29, 0.717) is 11.1 Å². The normalized spacial score (nSPS) is 14.1. The highest BCUT2D eigenvalue weighted by atomic mass is 79.9. The Bertz CT molecular complexity index is 436. The van der Waals surface area contributed by atoms with Crippen molar-refractivity contribution < 1.29 is 9.18 Å². The van der Waals surface area contributed by atoms with Gasteiger partial charge in [0.2, 0.25) is 0 Å². The molecule has 1 unspecified atom stereocenters. The van der Waals surface area contributed by atoms with Crippen LogP contribution >= 0.6 is 15.9 Å². The summed E-state index contributed by atoms with van der Waals surface area (Å²) in [5.41, 5.74) is 0.956. The first-order chi connectivity index (χ1) is 8.41. The van der Waals surface area contributed by atoms with Gasteiger partial charge < -0.3 is 5.32 Å². The molecule has 0 bridgehead atoms. The topological polar surface area (TPSA) is 29.1 Å². The molecule has 100 valence electrons. The SMILES string of the molecule is CCC(C)(CCBr)NC(=O)c1ccc(F)cc1C. The molecule has 1 aromatic carbocycles. The molecule has 1 rings (SSSR count). The third kappa shape index (κ3) is 3.80. The highest BCUT2D eigenvalue weighted by molar-refractivity contribution is 9.09. The maximum Gasteiger partial charge on any atom is 0.251 e. The predicted molar refractivity (Wildman–Crippen MR) is 75.7 cm³/mol. The van der Waals surface area contributed by atoms with Crippen molar-refractivity contribution in [3.05, 3.63) is 35.1 Å². The summed E-state index contributed by atoms with van der Waals surface area (Å²) in [7, 11) is 0. The van der Waals surface area contributed by atoms with Crippen LogP contribution in [0, 0.1) is 12.7 Å². The number of carbonyl (C=O) groups excluding carboxylic acids is 1. The van der Waals surface area contributed by atoms with Gasteiger partial charge in [-0.3, -0.25) is 4.79 Å². The third-order valence-corrected chi connectivity index (χ3v) is 3.67. The second-order valence-corrected chi connectivity index (χ2v) is 5.56. The smallest absolute Gasteiger partial charge is 0.251 e. The minimum atomic E-state index is -0.317. The molecule has 0 radical (unpaired) electrons. The van der Waals surface area contributed by atoms with Crippen molar-refractivity contribution in [2.45, 2.75) is 39.2 Å². The number of alkyl halides is 1. The number of hydrogen-bond acceptors (Lipinski definition) is 1. The van der Waals surface area contributed by atoms with Gasteiger partial charge in [0.15, 0.2) is 0 Å². The van der Waals surface area contributed by atoms with Gasteiger partial charge in [0.1, 0.15) is 5.82 Å². The zero-order valence-corrected chi connectivity index (χ0v) is 12.6. The molecule has 0 saturated heterocycles. The van der Waals surface area contributed by atoms with Gasteiger partial charge >= 0.3 is 0 Å². The van der Waals surface area contributed by atoms with Crippen LogP contribution in [0.25, 0.3) is 0 Å². The van der Waals surface area contributed by atoms with E-state index in [1.54, 1.807) is 6.92 Å². The Morgan fingerprint density at radius 3 is 2.67 bits per heavy atom. The molecule has 1 atom stereocenters. The Hall–Kier alpha value is -0.900. The Balaban J connectivity index is 2.87. The number of hydrogen-bond donors (Lipinski definition) is 1. The molecule has 2 nitrogen and oxygen atoms in total. The van der Waals surface area contributed by atoms with Gasteiger partial charge in [-0.15, -0.1) is 0 Å². The first-order valence-electron chi connectivity index (χ1n) is 6.06. The average Bonchev–Trinajstić information content (AvgIpc) is 2.28. The van der Waals surface area contributed by atoms with E-state index in [0.717, 1.165) is 18.2 Å². The van der Waals surface area contributed by atoms with Crippen molar-refractivity contribution in [2.24, 2.45) is 0 Å². The third-order valence-electron chi connectivity index (χ3n) is 3.27. The number of aryl methyl sites for hydroxylation is 1. The van der Waals surface area contributed by atoms with Crippen LogP contribution in [0.2, 0.25) is 0 Å². The lowest BCUT2D eigenvalue weighted by molar-refractivity contribution is 0.0901. The van der Waals surface area contributed by atoms with Gasteiger partial charge in [0.25, 0.3) is 5.91 Å². The first-order valence-corrected chi connectivity index (χ1v) is 7.18. The molecule has 4 heteroatoms. The predicted octanol–water partition coefficient (Wildman–Crippen LogP) is 3.82. The van der Waals surface area contributed by atoms with Crippen LogP contribution in [0.5, 0.6) is 0 Å². The first kappa shape index (κ1) is 15.2. The summed E-state index contributed by atoms with van der Waals surface area (Å²) >= 11 is 3.40. The molecule has 0 heterocycles. The van der Waals surface area contributed by atoms with Crippen LogP contribution in [0.15, 0.2) is 18.2 Å². The highest BCUT2D eigenvalue weighted by Gasteiger charge is 2.24. The minimum Gasteiger partial charge on any atom is -0.347 e. The molecule has 18 heavy (non-hydrogen) atoms. The van der Waals surface area contributed by atoms with Crippen molar-refractivity contribution >= 4 is 21.8 Å². The number of halogens is 2. The second-order valence-electron chi connectivity index (χ2n) is 4.77. The Morgan fingerprint density at radius 2 is 2.17 bits per heavy atom. The fraction of sp³-hybridized carbons (Fsp3) is 0.500. The molecule has 0 spiro atoms. The highest BCUT2D eigenvalue weighted by Crippen LogP contribution is 2.18. The van der Waals surface area contributed by atoms with E-state index in [1.165, 1.54) is 18.2 Å². The lowest BCUT2D eigenvalue weighted by atomic mass is 9.94. The summed E-state index contributed by atoms with van der Waals surface area (Å²) in [4.78, 5) is 12.2. The van der Waals surface area contributed by atoms with E-state index in [9.17, 15) is 9.18 Å². The van der Waals surface area contributed by atoms with E-state index in [1.807, 2.05) is 13.8 Å². The van der Waals surface area contributed by atoms with Gasteiger partial charge in [-0.2, -0.15) is 0 Å². The van der Waals surface area contributed by atoms with Crippen molar-refractivity contribution in [1.82, 2.24) is 5.32 Å². The number of carbonyl (C=O) groups is 1. The van der Waals surface area contributed by atoms with Crippen LogP contribution in [-0.2, 0) is 0 Å². The molecule has 1 aromatic rings. The molecular formula is C14H19BrFNO. The van der Waals surface area contributed by atoms with E-state index in [4.69, 9.17) is 0 Å². The second kappa shape index (κ2) is 6.32. The van der Waals surface area contributed by atoms with Gasteiger partial charge in [0, 0.05) is 16.4 Å². The summed E-state index contributed by atoms with van der Waals surface area (Å²) in [6, 6.07) is 4.22. The molecule has 0 aromatic heterocycles. The fourth-order valence-corrected chi connectivity index (χ4v) is 2.63. The molecular weight excluding hydrogens is 297 g/mol. The maximum atomic E-state index is 13.0.